The monoisotopic (exact) mass is 422 g/mol. The van der Waals surface area contributed by atoms with Gasteiger partial charge in [0.1, 0.15) is 18.2 Å². The zero-order valence-electron chi connectivity index (χ0n) is 18.5. The Balaban J connectivity index is 2.60. The molecule has 1 unspecified atom stereocenters. The molecule has 0 aliphatic heterocycles. The van der Waals surface area contributed by atoms with E-state index in [1.807, 2.05) is 44.2 Å². The van der Waals surface area contributed by atoms with Crippen LogP contribution < -0.4 is 5.32 Å². The van der Waals surface area contributed by atoms with Gasteiger partial charge in [-0.2, -0.15) is 0 Å². The molecule has 1 aromatic rings. The van der Waals surface area contributed by atoms with Gasteiger partial charge in [-0.25, -0.2) is 14.4 Å². The first-order valence-electron chi connectivity index (χ1n) is 10.2. The fourth-order valence-corrected chi connectivity index (χ4v) is 2.72. The van der Waals surface area contributed by atoms with Gasteiger partial charge < -0.3 is 19.9 Å². The number of nitrogens with one attached hydrogen (secondary N) is 1. The van der Waals surface area contributed by atoms with Crippen LogP contribution in [0, 0.1) is 5.92 Å². The number of hydrogen-bond donors (Lipinski definition) is 2. The zero-order chi connectivity index (χ0) is 22.7. The molecule has 0 heterocycles. The molecule has 0 radical (unpaired) electrons. The predicted molar refractivity (Wildman–Crippen MR) is 113 cm³/mol. The molecule has 30 heavy (non-hydrogen) atoms. The minimum absolute atomic E-state index is 0.0853. The smallest absolute Gasteiger partial charge is 0.411 e. The molecule has 1 aromatic carbocycles. The molecule has 168 valence electrons. The first-order chi connectivity index (χ1) is 14.0. The highest BCUT2D eigenvalue weighted by Crippen LogP contribution is 2.17. The summed E-state index contributed by atoms with van der Waals surface area (Å²) in [4.78, 5) is 37.4. The summed E-state index contributed by atoms with van der Waals surface area (Å²) < 4.78 is 10.5. The molecular weight excluding hydrogens is 388 g/mol. The van der Waals surface area contributed by atoms with Gasteiger partial charge in [0.2, 0.25) is 0 Å². The van der Waals surface area contributed by atoms with E-state index in [4.69, 9.17) is 9.47 Å². The van der Waals surface area contributed by atoms with Crippen LogP contribution >= 0.6 is 0 Å². The van der Waals surface area contributed by atoms with Crippen LogP contribution in [-0.2, 0) is 20.9 Å². The summed E-state index contributed by atoms with van der Waals surface area (Å²) in [6.45, 7) is 9.51. The predicted octanol–water partition coefficient (Wildman–Crippen LogP) is 4.04. The fourth-order valence-electron chi connectivity index (χ4n) is 2.72. The molecule has 1 rings (SSSR count). The normalized spacial score (nSPS) is 12.2. The molecule has 0 aliphatic carbocycles. The first-order valence-corrected chi connectivity index (χ1v) is 10.2. The van der Waals surface area contributed by atoms with Crippen LogP contribution in [0.2, 0.25) is 0 Å². The Labute approximate surface area is 178 Å². The maximum absolute atomic E-state index is 12.6. The van der Waals surface area contributed by atoms with Gasteiger partial charge in [-0.05, 0) is 45.1 Å². The molecule has 1 atom stereocenters. The number of rotatable bonds is 10. The van der Waals surface area contributed by atoms with Crippen molar-refractivity contribution >= 4 is 18.2 Å². The molecule has 8 heteroatoms. The van der Waals surface area contributed by atoms with Gasteiger partial charge in [-0.15, -0.1) is 0 Å². The van der Waals surface area contributed by atoms with Crippen LogP contribution in [0.5, 0.6) is 0 Å². The molecule has 0 bridgehead atoms. The molecule has 2 N–H and O–H groups in total. The number of hydrogen-bond acceptors (Lipinski definition) is 5. The van der Waals surface area contributed by atoms with Crippen molar-refractivity contribution in [3.05, 3.63) is 35.9 Å². The van der Waals surface area contributed by atoms with Gasteiger partial charge in [0.15, 0.2) is 0 Å². The van der Waals surface area contributed by atoms with E-state index in [-0.39, 0.29) is 25.6 Å². The van der Waals surface area contributed by atoms with Gasteiger partial charge in [0, 0.05) is 13.1 Å². The number of carbonyl (C=O) groups is 3. The summed E-state index contributed by atoms with van der Waals surface area (Å²) in [7, 11) is 0. The summed E-state index contributed by atoms with van der Waals surface area (Å²) in [5.41, 5.74) is 0.136. The highest BCUT2D eigenvalue weighted by Gasteiger charge is 2.33. The Hall–Kier alpha value is -2.77. The second-order valence-electron chi connectivity index (χ2n) is 8.50. The topological polar surface area (TPSA) is 105 Å². The zero-order valence-corrected chi connectivity index (χ0v) is 18.5. The van der Waals surface area contributed by atoms with Crippen molar-refractivity contribution in [2.45, 2.75) is 65.7 Å². The van der Waals surface area contributed by atoms with Crippen molar-refractivity contribution in [3.8, 4) is 0 Å². The fraction of sp³-hybridized carbons (Fsp3) is 0.591. The van der Waals surface area contributed by atoms with Gasteiger partial charge in [0.05, 0.1) is 0 Å². The van der Waals surface area contributed by atoms with Crippen LogP contribution in [-0.4, -0.2) is 52.9 Å². The Bertz CT molecular complexity index is 685. The van der Waals surface area contributed by atoms with E-state index in [0.717, 1.165) is 5.56 Å². The second kappa shape index (κ2) is 12.0. The van der Waals surface area contributed by atoms with Crippen molar-refractivity contribution in [1.29, 1.82) is 0 Å². The van der Waals surface area contributed by atoms with Gasteiger partial charge >= 0.3 is 18.2 Å². The molecule has 8 nitrogen and oxygen atoms in total. The highest BCUT2D eigenvalue weighted by molar-refractivity contribution is 5.80. The van der Waals surface area contributed by atoms with Crippen molar-refractivity contribution in [2.24, 2.45) is 5.92 Å². The maximum Gasteiger partial charge on any atom is 0.411 e. The first kappa shape index (κ1) is 25.3. The lowest BCUT2D eigenvalue weighted by Crippen LogP contribution is -2.48. The average molecular weight is 423 g/mol. The number of ether oxygens (including phenoxy) is 2. The number of carbonyl (C=O) groups excluding carboxylic acids is 2. The van der Waals surface area contributed by atoms with E-state index in [2.05, 4.69) is 5.32 Å². The molecule has 0 saturated heterocycles. The number of benzene rings is 1. The Morgan fingerprint density at radius 1 is 1.13 bits per heavy atom. The third-order valence-electron chi connectivity index (χ3n) is 4.04. The quantitative estimate of drug-likeness (QED) is 0.551. The number of carboxylic acids is 1. The van der Waals surface area contributed by atoms with E-state index < -0.39 is 29.8 Å². The number of alkyl carbamates (subject to hydrolysis) is 1. The second-order valence-corrected chi connectivity index (χ2v) is 8.50. The van der Waals surface area contributed by atoms with Gasteiger partial charge in [-0.3, -0.25) is 4.90 Å². The summed E-state index contributed by atoms with van der Waals surface area (Å²) in [6.07, 6.45) is -0.579. The third kappa shape index (κ3) is 10.1. The number of aliphatic carboxylic acids is 1. The van der Waals surface area contributed by atoms with E-state index in [9.17, 15) is 19.5 Å². The third-order valence-corrected chi connectivity index (χ3v) is 4.04. The van der Waals surface area contributed by atoms with Crippen LogP contribution in [0.4, 0.5) is 9.59 Å². The number of nitrogens with zero attached hydrogens (tertiary/aromatic N) is 1. The van der Waals surface area contributed by atoms with E-state index in [1.54, 1.807) is 20.8 Å². The lowest BCUT2D eigenvalue weighted by Gasteiger charge is -2.32. The Morgan fingerprint density at radius 2 is 1.77 bits per heavy atom. The van der Waals surface area contributed by atoms with Gasteiger partial charge in [-0.1, -0.05) is 44.2 Å². The van der Waals surface area contributed by atoms with Crippen LogP contribution in [0.25, 0.3) is 0 Å². The molecule has 0 aliphatic rings. The summed E-state index contributed by atoms with van der Waals surface area (Å²) in [5, 5.41) is 12.2. The lowest BCUT2D eigenvalue weighted by atomic mass is 10.0. The SMILES string of the molecule is CC(C)CC(C(=O)O)N(CCCNC(=O)OCc1ccccc1)C(=O)OC(C)(C)C. The average Bonchev–Trinajstić information content (AvgIpc) is 2.64. The minimum Gasteiger partial charge on any atom is -0.480 e. The van der Waals surface area contributed by atoms with Gasteiger partial charge in [0.25, 0.3) is 0 Å². The van der Waals surface area contributed by atoms with Crippen molar-refractivity contribution in [3.63, 3.8) is 0 Å². The van der Waals surface area contributed by atoms with Crippen molar-refractivity contribution in [2.75, 3.05) is 13.1 Å². The number of amides is 2. The molecule has 0 fully saturated rings. The van der Waals surface area contributed by atoms with Crippen molar-refractivity contribution in [1.82, 2.24) is 10.2 Å². The van der Waals surface area contributed by atoms with E-state index in [1.165, 1.54) is 4.90 Å². The van der Waals surface area contributed by atoms with Crippen LogP contribution in [0.3, 0.4) is 0 Å². The molecule has 2 amide bonds. The van der Waals surface area contributed by atoms with Crippen molar-refractivity contribution < 1.29 is 29.0 Å². The van der Waals surface area contributed by atoms with E-state index >= 15 is 0 Å². The Kier molecular flexibility index (Phi) is 10.1. The Morgan fingerprint density at radius 3 is 2.30 bits per heavy atom. The minimum atomic E-state index is -1.08. The molecular formula is C22H34N2O6. The summed E-state index contributed by atoms with van der Waals surface area (Å²) >= 11 is 0. The lowest BCUT2D eigenvalue weighted by molar-refractivity contribution is -0.143. The standard InChI is InChI=1S/C22H34N2O6/c1-16(2)14-18(19(25)26)24(21(28)30-22(3,4)5)13-9-12-23-20(27)29-15-17-10-7-6-8-11-17/h6-8,10-11,16,18H,9,12-15H2,1-5H3,(H,23,27)(H,25,26). The van der Waals surface area contributed by atoms with Crippen LogP contribution in [0.1, 0.15) is 53.0 Å². The number of carboxylic acid groups (broad SMARTS) is 1. The maximum atomic E-state index is 12.6. The highest BCUT2D eigenvalue weighted by atomic mass is 16.6. The summed E-state index contributed by atoms with van der Waals surface area (Å²) in [6, 6.07) is 8.31. The largest absolute Gasteiger partial charge is 0.480 e. The summed E-state index contributed by atoms with van der Waals surface area (Å²) in [5.74, 6) is -0.994. The molecule has 0 saturated carbocycles. The molecule has 0 aromatic heterocycles. The van der Waals surface area contributed by atoms with E-state index in [0.29, 0.717) is 12.8 Å². The van der Waals surface area contributed by atoms with Crippen LogP contribution in [0.15, 0.2) is 30.3 Å². The molecule has 0 spiro atoms.